The Labute approximate surface area is 123 Å². The summed E-state index contributed by atoms with van der Waals surface area (Å²) in [7, 11) is 0. The van der Waals surface area contributed by atoms with Gasteiger partial charge in [0.15, 0.2) is 0 Å². The van der Waals surface area contributed by atoms with Gasteiger partial charge in [-0.05, 0) is 24.3 Å². The van der Waals surface area contributed by atoms with Crippen LogP contribution in [0.5, 0.6) is 0 Å². The minimum atomic E-state index is -0.985. The lowest BCUT2D eigenvalue weighted by Gasteiger charge is -2.03. The van der Waals surface area contributed by atoms with Crippen molar-refractivity contribution in [3.05, 3.63) is 58.5 Å². The van der Waals surface area contributed by atoms with Crippen molar-refractivity contribution in [1.82, 2.24) is 5.43 Å². The van der Waals surface area contributed by atoms with E-state index in [-0.39, 0.29) is 11.4 Å². The Balaban J connectivity index is 1.88. The molecule has 0 atom stereocenters. The summed E-state index contributed by atoms with van der Waals surface area (Å²) < 4.78 is 4.95. The first-order chi connectivity index (χ1) is 10.6. The molecule has 0 aliphatic heterocycles. The van der Waals surface area contributed by atoms with Crippen molar-refractivity contribution in [2.75, 3.05) is 5.32 Å². The number of anilines is 1. The molecule has 22 heavy (non-hydrogen) atoms. The standard InChI is InChI=1S/C13H10N4O5/c18-12(13(19)16-14-8-11-2-1-7-22-11)15-9-3-5-10(6-4-9)17(20)21/h1-8H,(H,15,18)(H,16,19)/b14-8-. The molecule has 2 N–H and O–H groups in total. The molecule has 0 fully saturated rings. The molecule has 0 saturated heterocycles. The first kappa shape index (κ1) is 14.9. The van der Waals surface area contributed by atoms with Crippen molar-refractivity contribution >= 4 is 29.4 Å². The number of nitrogens with one attached hydrogen (secondary N) is 2. The van der Waals surface area contributed by atoms with Crippen LogP contribution in [0.4, 0.5) is 11.4 Å². The van der Waals surface area contributed by atoms with E-state index in [4.69, 9.17) is 4.42 Å². The number of furan rings is 1. The summed E-state index contributed by atoms with van der Waals surface area (Å²) in [5.41, 5.74) is 2.15. The second-order valence-corrected chi connectivity index (χ2v) is 3.97. The van der Waals surface area contributed by atoms with Gasteiger partial charge in [-0.3, -0.25) is 19.7 Å². The van der Waals surface area contributed by atoms with Crippen molar-refractivity contribution in [3.8, 4) is 0 Å². The fourth-order valence-electron chi connectivity index (χ4n) is 1.42. The topological polar surface area (TPSA) is 127 Å². The van der Waals surface area contributed by atoms with Gasteiger partial charge in [0.25, 0.3) is 5.69 Å². The van der Waals surface area contributed by atoms with Crippen molar-refractivity contribution in [2.45, 2.75) is 0 Å². The number of non-ortho nitro benzene ring substituents is 1. The Kier molecular flexibility index (Phi) is 4.60. The molecule has 0 spiro atoms. The van der Waals surface area contributed by atoms with Crippen LogP contribution in [-0.2, 0) is 9.59 Å². The molecule has 0 aliphatic carbocycles. The average molecular weight is 302 g/mol. The summed E-state index contributed by atoms with van der Waals surface area (Å²) in [4.78, 5) is 33.0. The molecule has 1 aromatic heterocycles. The van der Waals surface area contributed by atoms with Crippen molar-refractivity contribution in [3.63, 3.8) is 0 Å². The number of hydrogen-bond acceptors (Lipinski definition) is 6. The Morgan fingerprint density at radius 1 is 1.18 bits per heavy atom. The van der Waals surface area contributed by atoms with E-state index in [9.17, 15) is 19.7 Å². The molecule has 2 amide bonds. The first-order valence-corrected chi connectivity index (χ1v) is 5.98. The summed E-state index contributed by atoms with van der Waals surface area (Å²) >= 11 is 0. The maximum atomic E-state index is 11.6. The van der Waals surface area contributed by atoms with E-state index in [1.54, 1.807) is 12.1 Å². The molecule has 9 nitrogen and oxygen atoms in total. The van der Waals surface area contributed by atoms with Crippen molar-refractivity contribution in [2.24, 2.45) is 5.10 Å². The van der Waals surface area contributed by atoms with Crippen molar-refractivity contribution in [1.29, 1.82) is 0 Å². The zero-order valence-corrected chi connectivity index (χ0v) is 11.1. The third-order valence-corrected chi connectivity index (χ3v) is 2.44. The number of carbonyl (C=O) groups is 2. The summed E-state index contributed by atoms with van der Waals surface area (Å²) in [6.45, 7) is 0. The second-order valence-electron chi connectivity index (χ2n) is 3.97. The third-order valence-electron chi connectivity index (χ3n) is 2.44. The second kappa shape index (κ2) is 6.79. The van der Waals surface area contributed by atoms with Gasteiger partial charge in [0, 0.05) is 17.8 Å². The normalized spacial score (nSPS) is 10.4. The monoisotopic (exact) mass is 302 g/mol. The molecule has 0 bridgehead atoms. The van der Waals surface area contributed by atoms with Crippen LogP contribution in [0.2, 0.25) is 0 Å². The lowest BCUT2D eigenvalue weighted by atomic mass is 10.3. The number of nitro benzene ring substituents is 1. The molecule has 0 radical (unpaired) electrons. The number of benzene rings is 1. The smallest absolute Gasteiger partial charge is 0.329 e. The van der Waals surface area contributed by atoms with Crippen LogP contribution in [0, 0.1) is 10.1 Å². The summed E-state index contributed by atoms with van der Waals surface area (Å²) in [6, 6.07) is 8.31. The van der Waals surface area contributed by atoms with Gasteiger partial charge in [-0.25, -0.2) is 5.43 Å². The van der Waals surface area contributed by atoms with Crippen LogP contribution in [0.1, 0.15) is 5.76 Å². The van der Waals surface area contributed by atoms with Gasteiger partial charge in [-0.2, -0.15) is 5.10 Å². The number of carbonyl (C=O) groups excluding carboxylic acids is 2. The SMILES string of the molecule is O=C(N/N=C\c1ccco1)C(=O)Nc1ccc([N+](=O)[O-])cc1. The lowest BCUT2D eigenvalue weighted by Crippen LogP contribution is -2.32. The van der Waals surface area contributed by atoms with E-state index in [0.717, 1.165) is 0 Å². The third kappa shape index (κ3) is 4.00. The number of nitro groups is 1. The largest absolute Gasteiger partial charge is 0.463 e. The minimum Gasteiger partial charge on any atom is -0.463 e. The quantitative estimate of drug-likeness (QED) is 0.380. The molecule has 0 saturated carbocycles. The van der Waals surface area contributed by atoms with Gasteiger partial charge in [0.05, 0.1) is 17.4 Å². The zero-order chi connectivity index (χ0) is 15.9. The summed E-state index contributed by atoms with van der Waals surface area (Å²) in [5, 5.41) is 16.3. The summed E-state index contributed by atoms with van der Waals surface area (Å²) in [5.74, 6) is -1.53. The number of hydrogen-bond donors (Lipinski definition) is 2. The highest BCUT2D eigenvalue weighted by molar-refractivity contribution is 6.39. The van der Waals surface area contributed by atoms with Crippen molar-refractivity contribution < 1.29 is 18.9 Å². The zero-order valence-electron chi connectivity index (χ0n) is 11.1. The van der Waals surface area contributed by atoms with Crippen LogP contribution in [0.15, 0.2) is 52.2 Å². The predicted molar refractivity (Wildman–Crippen MR) is 76.2 cm³/mol. The van der Waals surface area contributed by atoms with E-state index < -0.39 is 16.7 Å². The predicted octanol–water partition coefficient (Wildman–Crippen LogP) is 1.28. The van der Waals surface area contributed by atoms with E-state index in [1.165, 1.54) is 36.7 Å². The number of amides is 2. The molecule has 1 aromatic carbocycles. The van der Waals surface area contributed by atoms with E-state index in [0.29, 0.717) is 5.76 Å². The Bertz CT molecular complexity index is 707. The maximum absolute atomic E-state index is 11.6. The molecule has 9 heteroatoms. The lowest BCUT2D eigenvalue weighted by molar-refractivity contribution is -0.384. The summed E-state index contributed by atoms with van der Waals surface area (Å²) in [6.07, 6.45) is 2.67. The van der Waals surface area contributed by atoms with Gasteiger partial charge in [0.2, 0.25) is 0 Å². The highest BCUT2D eigenvalue weighted by Gasteiger charge is 2.13. The first-order valence-electron chi connectivity index (χ1n) is 5.98. The molecule has 112 valence electrons. The number of rotatable bonds is 4. The molecular formula is C13H10N4O5. The van der Waals surface area contributed by atoms with Crippen LogP contribution in [0.3, 0.4) is 0 Å². The van der Waals surface area contributed by atoms with E-state index in [2.05, 4.69) is 10.4 Å². The van der Waals surface area contributed by atoms with Crippen LogP contribution in [0.25, 0.3) is 0 Å². The Morgan fingerprint density at radius 3 is 2.50 bits per heavy atom. The average Bonchev–Trinajstić information content (AvgIpc) is 3.01. The molecule has 1 heterocycles. The van der Waals surface area contributed by atoms with E-state index in [1.807, 2.05) is 5.43 Å². The van der Waals surface area contributed by atoms with Crippen LogP contribution in [-0.4, -0.2) is 23.0 Å². The van der Waals surface area contributed by atoms with Crippen LogP contribution < -0.4 is 10.7 Å². The molecule has 0 unspecified atom stereocenters. The highest BCUT2D eigenvalue weighted by atomic mass is 16.6. The highest BCUT2D eigenvalue weighted by Crippen LogP contribution is 2.15. The molecule has 0 aliphatic rings. The molecule has 2 rings (SSSR count). The van der Waals surface area contributed by atoms with Gasteiger partial charge in [-0.15, -0.1) is 0 Å². The Hall–Kier alpha value is -3.49. The maximum Gasteiger partial charge on any atom is 0.329 e. The molecule has 2 aromatic rings. The number of hydrazone groups is 1. The van der Waals surface area contributed by atoms with Gasteiger partial charge in [0.1, 0.15) is 5.76 Å². The molecular weight excluding hydrogens is 292 g/mol. The van der Waals surface area contributed by atoms with Gasteiger partial charge >= 0.3 is 11.8 Å². The number of nitrogens with zero attached hydrogens (tertiary/aromatic N) is 2. The van der Waals surface area contributed by atoms with E-state index >= 15 is 0 Å². The van der Waals surface area contributed by atoms with Gasteiger partial charge < -0.3 is 9.73 Å². The fraction of sp³-hybridized carbons (Fsp3) is 0. The van der Waals surface area contributed by atoms with Gasteiger partial charge in [-0.1, -0.05) is 0 Å². The fourth-order valence-corrected chi connectivity index (χ4v) is 1.42. The Morgan fingerprint density at radius 2 is 1.91 bits per heavy atom. The van der Waals surface area contributed by atoms with Crippen LogP contribution >= 0.6 is 0 Å². The minimum absolute atomic E-state index is 0.120.